The van der Waals surface area contributed by atoms with Crippen LogP contribution in [-0.4, -0.2) is 300 Å². The summed E-state index contributed by atoms with van der Waals surface area (Å²) < 4.78 is 79.4. The molecule has 8 rings (SSSR count). The number of carbonyl (C=O) groups excluding carboxylic acids is 10. The highest BCUT2D eigenvalue weighted by atomic mass is 127. The number of urea groups is 1. The molecule has 6 amide bonds. The fourth-order valence-electron chi connectivity index (χ4n) is 16.4. The topological polar surface area (TPSA) is 580 Å². The lowest BCUT2D eigenvalue weighted by molar-refractivity contribution is -0.334. The third-order valence-corrected chi connectivity index (χ3v) is 29.9. The number of carboxylic acids is 1. The Balaban J connectivity index is 1.04. The molecule has 17 N–H and O–H groups in total. The molecule has 3 saturated heterocycles. The average molecular weight is 2110 g/mol. The van der Waals surface area contributed by atoms with Crippen LogP contribution >= 0.6 is 55.9 Å². The third-order valence-electron chi connectivity index (χ3n) is 24.1. The minimum absolute atomic E-state index is 0.0165. The molecule has 0 unspecified atom stereocenters. The number of benzene rings is 2. The number of carboxylic acid groups (broad SMARTS) is 1. The summed E-state index contributed by atoms with van der Waals surface area (Å²) in [5.74, 6) is 4.53. The summed E-state index contributed by atoms with van der Waals surface area (Å²) in [5, 5.41) is 78.2. The number of aliphatic carboxylic acids is 1. The zero-order valence-corrected chi connectivity index (χ0v) is 84.7. The summed E-state index contributed by atoms with van der Waals surface area (Å²) in [5.41, 5.74) is 18.3. The second-order valence-corrected chi connectivity index (χ2v) is 40.3. The molecule has 0 spiro atoms. The summed E-state index contributed by atoms with van der Waals surface area (Å²) >= 11 is 2.66. The first-order valence-electron chi connectivity index (χ1n) is 45.5. The molecule has 764 valence electrons. The van der Waals surface area contributed by atoms with Gasteiger partial charge in [0.25, 0.3) is 0 Å². The van der Waals surface area contributed by atoms with Crippen molar-refractivity contribution in [2.45, 2.75) is 285 Å². The third kappa shape index (κ3) is 31.7. The number of nitrogens with one attached hydrogen (secondary N) is 5. The van der Waals surface area contributed by atoms with Crippen LogP contribution in [0.3, 0.4) is 0 Å². The van der Waals surface area contributed by atoms with E-state index < -0.39 is 209 Å². The molecule has 3 fully saturated rings. The van der Waals surface area contributed by atoms with Gasteiger partial charge in [-0.05, 0) is 164 Å². The molecule has 0 saturated carbocycles. The molecule has 4 heterocycles. The molecule has 2 bridgehead atoms. The van der Waals surface area contributed by atoms with Gasteiger partial charge in [-0.15, -0.1) is 0 Å². The first-order valence-corrected chi connectivity index (χ1v) is 49.8. The van der Waals surface area contributed by atoms with E-state index in [1.54, 1.807) is 78.8 Å². The Hall–Kier alpha value is -8.57. The molecule has 2 aromatic rings. The number of fused-ring (bicyclic) bond motifs is 2. The number of aliphatic hydroxyl groups excluding tert-OH is 4. The molecule has 22 atom stereocenters. The molecule has 40 nitrogen and oxygen atoms in total. The minimum atomic E-state index is -2.25. The normalized spacial score (nSPS) is 26.7. The second kappa shape index (κ2) is 54.6. The molecule has 44 heteroatoms. The fraction of sp³-hybridized carbons (Fsp3) is 0.628. The summed E-state index contributed by atoms with van der Waals surface area (Å²) in [6.07, 6.45) is -13.2. The van der Waals surface area contributed by atoms with Crippen molar-refractivity contribution in [3.8, 4) is 40.9 Å². The highest BCUT2D eigenvalue weighted by molar-refractivity contribution is 14.1. The van der Waals surface area contributed by atoms with Gasteiger partial charge in [0.2, 0.25) is 34.9 Å². The maximum Gasteiger partial charge on any atom is 0.410 e. The standard InChI is InChI=1S/C94H132IN9O31S3/c1-16-104(92(120)128-46-54-27-29-57(30-28-54)101-85(114)56(25-23-37-100-91(98)119)41-62(106)74(48(2)3)102-86(115)55(40-49(4)105)24-20-22-36-96)61-47-127-69(44-66(61)122-11)133-82-77(112)75(103-135-70-43-63(107)84(53(8)129-70)137-88(118)71-50(5)73(95)80(83(126-15)79(71)124-13)134-89-78(113)81(125-14)76(111)52(7)131-89)51(6)130-90(82)132-65-26-19-17-18-21-34-94(121)45-64(108)58(42-68(110)123-12)72(65)59(94)33-39-136-138-93(9,10)35-38-99-67(109)32-31-60(97)87(116)117/h17-18,27-30,33,43,48,51-53,55-56,60-61,65-66,69-70,74-78,81-82,84,89-90,103,107,111-113,121H,16,20,22-25,31-32,35-42,44-47,96-97H2,1-15H3,(H,99,109)(H,101,114)(H,102,115)(H,116,117)(H3,98,100,119)/b18-17-,59-33+/t51-,52+,53-,55-,56-,60+,61+,65+,66+,69+,70+,74+,75-,76+,77+,78-,81-,82-,84-,89+,90+,94+/m1/s1. The molecule has 138 heavy (non-hydrogen) atoms. The Bertz CT molecular complexity index is 4850. The van der Waals surface area contributed by atoms with Crippen LogP contribution in [0.2, 0.25) is 0 Å². The Morgan fingerprint density at radius 1 is 0.819 bits per heavy atom. The van der Waals surface area contributed by atoms with Crippen LogP contribution in [0, 0.1) is 51.9 Å². The molecule has 0 radical (unpaired) electrons. The van der Waals surface area contributed by atoms with E-state index in [2.05, 4.69) is 50.4 Å². The van der Waals surface area contributed by atoms with Crippen molar-refractivity contribution < 1.29 is 150 Å². The van der Waals surface area contributed by atoms with E-state index in [-0.39, 0.29) is 141 Å². The molecular formula is C94H132IN9O31S3. The van der Waals surface area contributed by atoms with Gasteiger partial charge in [0.1, 0.15) is 60.8 Å². The lowest BCUT2D eigenvalue weighted by Crippen LogP contribution is -2.65. The number of Topliss-reactive ketones (excluding diaryl/α,β-unsaturated/α-hetero) is 3. The molecule has 0 aromatic heterocycles. The lowest BCUT2D eigenvalue weighted by Gasteiger charge is -2.47. The van der Waals surface area contributed by atoms with Crippen molar-refractivity contribution in [1.29, 1.82) is 0 Å². The van der Waals surface area contributed by atoms with Gasteiger partial charge in [0.05, 0.1) is 97.7 Å². The summed E-state index contributed by atoms with van der Waals surface area (Å²) in [7, 11) is 9.29. The molecule has 4 aliphatic heterocycles. The predicted molar refractivity (Wildman–Crippen MR) is 516 cm³/mol. The SMILES string of the molecule is CCN(C(=O)OCc1ccc(NC(=O)[C@H](CCCNC(N)=O)CC(=O)[C@@H](NC(=O)[C@H](CCCCN)CC(C)=O)C(C)C)cc1)[C@H]1CO[C@@H](O[C@H]2[C@H](O[C@H]3C#C/C=C\C#C[C@]4(O)CC(=O)C(CC(=O)OC)=C3/C4=C\CSSC(C)(C)CCNC(=O)CC[C@H](N)C(=O)O)O[C@H](C)[C@@H](NO[C@H]3C=C(O)[C@H](SC(=O)c4c(C)c(I)c(O[C@@H]5O[C@@H](C)[C@H](O)[C@@H](OC)[C@H]5O)c(OC)c4OC)[C@@H](C)O3)[C@@H]2O)C[C@@H]1OC. The van der Waals surface area contributed by atoms with Crippen LogP contribution < -0.4 is 58.2 Å². The number of nitrogens with two attached hydrogens (primary N) is 3. The zero-order valence-electron chi connectivity index (χ0n) is 80.1. The lowest BCUT2D eigenvalue weighted by atomic mass is 9.72. The highest BCUT2D eigenvalue weighted by Crippen LogP contribution is 2.50. The molecule has 6 aliphatic rings. The quantitative estimate of drug-likeness (QED) is 0.00873. The van der Waals surface area contributed by atoms with Gasteiger partial charge in [-0.1, -0.05) is 95.5 Å². The average Bonchev–Trinajstić information content (AvgIpc) is 0.749. The number of primary amides is 1. The summed E-state index contributed by atoms with van der Waals surface area (Å²) in [4.78, 5) is 155. The number of hydrogen-bond acceptors (Lipinski definition) is 36. The molecule has 2 aromatic carbocycles. The highest BCUT2D eigenvalue weighted by Gasteiger charge is 2.53. The van der Waals surface area contributed by atoms with Gasteiger partial charge in [-0.2, -0.15) is 5.48 Å². The van der Waals surface area contributed by atoms with E-state index in [0.29, 0.717) is 64.4 Å². The number of hydroxylamine groups is 1. The van der Waals surface area contributed by atoms with Gasteiger partial charge < -0.3 is 140 Å². The van der Waals surface area contributed by atoms with Crippen LogP contribution in [0.15, 0.2) is 71.0 Å². The number of amides is 6. The molecule has 2 aliphatic carbocycles. The number of thioether (sulfide) groups is 1. The van der Waals surface area contributed by atoms with Crippen molar-refractivity contribution >= 4 is 126 Å². The van der Waals surface area contributed by atoms with Crippen molar-refractivity contribution in [2.75, 3.05) is 79.4 Å². The fourth-order valence-corrected chi connectivity index (χ4v) is 20.5. The number of esters is 1. The zero-order chi connectivity index (χ0) is 102. The van der Waals surface area contributed by atoms with E-state index >= 15 is 0 Å². The predicted octanol–water partition coefficient (Wildman–Crippen LogP) is 6.21. The van der Waals surface area contributed by atoms with Crippen LogP contribution in [0.1, 0.15) is 167 Å². The maximum atomic E-state index is 14.7. The minimum Gasteiger partial charge on any atom is -0.511 e. The van der Waals surface area contributed by atoms with Crippen LogP contribution in [0.4, 0.5) is 15.3 Å². The second-order valence-electron chi connectivity index (χ2n) is 35.0. The first-order chi connectivity index (χ1) is 65.5. The van der Waals surface area contributed by atoms with Crippen LogP contribution in [0.25, 0.3) is 0 Å². The summed E-state index contributed by atoms with van der Waals surface area (Å²) in [6.45, 7) is 17.2. The monoisotopic (exact) mass is 2110 g/mol. The number of ether oxygens (including phenoxy) is 13. The number of anilines is 1. The van der Waals surface area contributed by atoms with E-state index in [0.717, 1.165) is 7.11 Å². The van der Waals surface area contributed by atoms with Crippen molar-refractivity contribution in [1.82, 2.24) is 26.3 Å². The van der Waals surface area contributed by atoms with Crippen molar-refractivity contribution in [3.63, 3.8) is 0 Å². The van der Waals surface area contributed by atoms with Gasteiger partial charge in [-0.25, -0.2) is 9.59 Å². The van der Waals surface area contributed by atoms with E-state index in [1.165, 1.54) is 80.1 Å². The number of carbonyl (C=O) groups is 11. The maximum absolute atomic E-state index is 14.7. The molecular weight excluding hydrogens is 1970 g/mol. The van der Waals surface area contributed by atoms with E-state index in [1.807, 2.05) is 36.4 Å². The number of halogens is 1. The van der Waals surface area contributed by atoms with Crippen LogP contribution in [0.5, 0.6) is 17.2 Å². The smallest absolute Gasteiger partial charge is 0.410 e. The number of ketones is 3. The van der Waals surface area contributed by atoms with Gasteiger partial charge in [0, 0.05) is 110 Å². The number of rotatable bonds is 50. The van der Waals surface area contributed by atoms with E-state index in [9.17, 15) is 83.4 Å². The number of likely N-dealkylation sites (N-methyl/N-ethyl adjacent to an activating group) is 1. The van der Waals surface area contributed by atoms with Crippen LogP contribution in [-0.2, 0) is 97.2 Å². The number of aliphatic hydroxyl groups is 5. The number of unbranched alkanes of at least 4 members (excludes halogenated alkanes) is 1. The van der Waals surface area contributed by atoms with E-state index in [4.69, 9.17) is 83.6 Å². The van der Waals surface area contributed by atoms with Gasteiger partial charge >= 0.3 is 24.1 Å². The first kappa shape index (κ1) is 115. The Morgan fingerprint density at radius 2 is 1.51 bits per heavy atom. The number of hydrogen-bond donors (Lipinski definition) is 14. The number of methoxy groups -OCH3 is 5. The van der Waals surface area contributed by atoms with Gasteiger partial charge in [-0.3, -0.25) is 43.2 Å². The Labute approximate surface area is 828 Å². The van der Waals surface area contributed by atoms with Gasteiger partial charge in [0.15, 0.2) is 47.5 Å². The summed E-state index contributed by atoms with van der Waals surface area (Å²) in [6, 6.07) is 1.27. The Morgan fingerprint density at radius 3 is 2.14 bits per heavy atom. The van der Waals surface area contributed by atoms with Crippen molar-refractivity contribution in [2.24, 2.45) is 35.0 Å². The number of nitrogens with zero attached hydrogens (tertiary/aromatic N) is 1. The Kier molecular flexibility index (Phi) is 45.4. The van der Waals surface area contributed by atoms with Crippen molar-refractivity contribution in [3.05, 3.63) is 91.3 Å². The number of allylic oxidation sites excluding steroid dienone is 2. The largest absolute Gasteiger partial charge is 0.511 e.